The molecule has 0 saturated heterocycles. The number of halogens is 1. The average Bonchev–Trinajstić information content (AvgIpc) is 2.48. The van der Waals surface area contributed by atoms with Crippen molar-refractivity contribution in [3.05, 3.63) is 28.7 Å². The summed E-state index contributed by atoms with van der Waals surface area (Å²) in [7, 11) is 0. The van der Waals surface area contributed by atoms with E-state index in [1.807, 2.05) is 0 Å². The maximum atomic E-state index is 10.6. The van der Waals surface area contributed by atoms with Gasteiger partial charge in [0.2, 0.25) is 0 Å². The zero-order valence-corrected chi connectivity index (χ0v) is 8.69. The molecule has 0 bridgehead atoms. The Morgan fingerprint density at radius 3 is 3.07 bits per heavy atom. The molecule has 0 unspecified atom stereocenters. The van der Waals surface area contributed by atoms with Crippen molar-refractivity contribution in [3.63, 3.8) is 0 Å². The van der Waals surface area contributed by atoms with Gasteiger partial charge in [0.25, 0.3) is 0 Å². The first-order valence-electron chi connectivity index (χ1n) is 4.29. The third kappa shape index (κ3) is 1.78. The van der Waals surface area contributed by atoms with Crippen molar-refractivity contribution >= 4 is 23.2 Å². The van der Waals surface area contributed by atoms with Crippen molar-refractivity contribution in [3.8, 4) is 0 Å². The number of hydrogen-bond acceptors (Lipinski definition) is 3. The normalized spacial score (nSPS) is 10.8. The molecule has 0 aliphatic rings. The summed E-state index contributed by atoms with van der Waals surface area (Å²) in [5.74, 6) is -0.891. The number of carboxylic acids is 1. The second-order valence-corrected chi connectivity index (χ2v) is 3.59. The molecular weight excluding hydrogens is 218 g/mol. The molecule has 5 nitrogen and oxygen atoms in total. The molecule has 1 N–H and O–H groups in total. The SMILES string of the molecule is Cc1nc2c(Cl)cnn2cc1CC(=O)O. The van der Waals surface area contributed by atoms with E-state index < -0.39 is 5.97 Å². The van der Waals surface area contributed by atoms with Crippen LogP contribution in [0.1, 0.15) is 11.3 Å². The minimum absolute atomic E-state index is 0.0632. The van der Waals surface area contributed by atoms with E-state index in [1.54, 1.807) is 13.1 Å². The molecule has 0 saturated carbocycles. The molecule has 0 fully saturated rings. The number of carboxylic acid groups (broad SMARTS) is 1. The van der Waals surface area contributed by atoms with Crippen LogP contribution in [-0.2, 0) is 11.2 Å². The van der Waals surface area contributed by atoms with Gasteiger partial charge in [0.05, 0.1) is 12.6 Å². The van der Waals surface area contributed by atoms with E-state index in [9.17, 15) is 4.79 Å². The number of carbonyl (C=O) groups is 1. The molecule has 0 aliphatic heterocycles. The zero-order chi connectivity index (χ0) is 11.0. The highest BCUT2D eigenvalue weighted by atomic mass is 35.5. The van der Waals surface area contributed by atoms with Crippen molar-refractivity contribution in [2.45, 2.75) is 13.3 Å². The van der Waals surface area contributed by atoms with Gasteiger partial charge in [-0.25, -0.2) is 9.50 Å². The van der Waals surface area contributed by atoms with Crippen LogP contribution in [-0.4, -0.2) is 25.7 Å². The Bertz CT molecular complexity index is 535. The topological polar surface area (TPSA) is 67.5 Å². The molecule has 0 radical (unpaired) electrons. The lowest BCUT2D eigenvalue weighted by molar-refractivity contribution is -0.136. The van der Waals surface area contributed by atoms with E-state index >= 15 is 0 Å². The van der Waals surface area contributed by atoms with Crippen molar-refractivity contribution in [1.29, 1.82) is 0 Å². The molecule has 6 heteroatoms. The second-order valence-electron chi connectivity index (χ2n) is 3.18. The Morgan fingerprint density at radius 1 is 1.67 bits per heavy atom. The van der Waals surface area contributed by atoms with E-state index in [0.717, 1.165) is 0 Å². The molecule has 78 valence electrons. The molecule has 0 amide bonds. The van der Waals surface area contributed by atoms with Gasteiger partial charge in [-0.05, 0) is 6.92 Å². The van der Waals surface area contributed by atoms with Crippen molar-refractivity contribution < 1.29 is 9.90 Å². The second kappa shape index (κ2) is 3.51. The van der Waals surface area contributed by atoms with Crippen LogP contribution in [0.2, 0.25) is 5.02 Å². The molecular formula is C9H8ClN3O2. The van der Waals surface area contributed by atoms with Crippen LogP contribution in [0.25, 0.3) is 5.65 Å². The maximum Gasteiger partial charge on any atom is 0.307 e. The van der Waals surface area contributed by atoms with E-state index in [1.165, 1.54) is 10.7 Å². The Morgan fingerprint density at radius 2 is 2.40 bits per heavy atom. The van der Waals surface area contributed by atoms with E-state index in [4.69, 9.17) is 16.7 Å². The molecule has 0 atom stereocenters. The van der Waals surface area contributed by atoms with Gasteiger partial charge in [-0.2, -0.15) is 5.10 Å². The summed E-state index contributed by atoms with van der Waals surface area (Å²) in [6, 6.07) is 0. The highest BCUT2D eigenvalue weighted by Gasteiger charge is 2.09. The lowest BCUT2D eigenvalue weighted by Gasteiger charge is -2.02. The van der Waals surface area contributed by atoms with Gasteiger partial charge in [0.15, 0.2) is 5.65 Å². The number of rotatable bonds is 2. The van der Waals surface area contributed by atoms with Gasteiger partial charge in [0, 0.05) is 17.5 Å². The highest BCUT2D eigenvalue weighted by molar-refractivity contribution is 6.33. The largest absolute Gasteiger partial charge is 0.481 e. The van der Waals surface area contributed by atoms with Gasteiger partial charge >= 0.3 is 5.97 Å². The van der Waals surface area contributed by atoms with Gasteiger partial charge in [-0.1, -0.05) is 11.6 Å². The quantitative estimate of drug-likeness (QED) is 0.837. The minimum Gasteiger partial charge on any atom is -0.481 e. The van der Waals surface area contributed by atoms with Crippen molar-refractivity contribution in [2.75, 3.05) is 0 Å². The summed E-state index contributed by atoms with van der Waals surface area (Å²) < 4.78 is 1.48. The summed E-state index contributed by atoms with van der Waals surface area (Å²) in [4.78, 5) is 14.8. The smallest absolute Gasteiger partial charge is 0.307 e. The predicted molar refractivity (Wildman–Crippen MR) is 54.1 cm³/mol. The fraction of sp³-hybridized carbons (Fsp3) is 0.222. The summed E-state index contributed by atoms with van der Waals surface area (Å²) in [6.07, 6.45) is 3.05. The van der Waals surface area contributed by atoms with Crippen LogP contribution in [0.5, 0.6) is 0 Å². The van der Waals surface area contributed by atoms with E-state index in [0.29, 0.717) is 21.9 Å². The van der Waals surface area contributed by atoms with Gasteiger partial charge in [0.1, 0.15) is 5.02 Å². The number of aromatic nitrogens is 3. The standard InChI is InChI=1S/C9H8ClN3O2/c1-5-6(2-8(14)15)4-13-9(12-5)7(10)3-11-13/h3-4H,2H2,1H3,(H,14,15). The van der Waals surface area contributed by atoms with Crippen LogP contribution in [0.15, 0.2) is 12.4 Å². The van der Waals surface area contributed by atoms with Gasteiger partial charge in [-0.15, -0.1) is 0 Å². The molecule has 0 spiro atoms. The third-order valence-corrected chi connectivity index (χ3v) is 2.35. The molecule has 2 aromatic rings. The van der Waals surface area contributed by atoms with Crippen LogP contribution in [0.3, 0.4) is 0 Å². The van der Waals surface area contributed by atoms with Gasteiger partial charge < -0.3 is 5.11 Å². The number of nitrogens with zero attached hydrogens (tertiary/aromatic N) is 3. The first kappa shape index (κ1) is 9.92. The first-order chi connectivity index (χ1) is 7.08. The van der Waals surface area contributed by atoms with Crippen LogP contribution >= 0.6 is 11.6 Å². The fourth-order valence-corrected chi connectivity index (χ4v) is 1.51. The molecule has 0 aliphatic carbocycles. The number of aliphatic carboxylic acids is 1. The lowest BCUT2D eigenvalue weighted by atomic mass is 10.2. The summed E-state index contributed by atoms with van der Waals surface area (Å²) in [6.45, 7) is 1.75. The maximum absolute atomic E-state index is 10.6. The first-order valence-corrected chi connectivity index (χ1v) is 4.67. The Balaban J connectivity index is 2.57. The number of hydrogen-bond donors (Lipinski definition) is 1. The van der Waals surface area contributed by atoms with Crippen LogP contribution in [0.4, 0.5) is 0 Å². The summed E-state index contributed by atoms with van der Waals surface area (Å²) in [5, 5.41) is 13.1. The average molecular weight is 226 g/mol. The third-order valence-electron chi connectivity index (χ3n) is 2.08. The molecule has 2 rings (SSSR count). The van der Waals surface area contributed by atoms with Crippen LogP contribution in [0, 0.1) is 6.92 Å². The molecule has 15 heavy (non-hydrogen) atoms. The number of aryl methyl sites for hydroxylation is 1. The van der Waals surface area contributed by atoms with E-state index in [2.05, 4.69) is 10.1 Å². The van der Waals surface area contributed by atoms with Crippen molar-refractivity contribution in [2.24, 2.45) is 0 Å². The highest BCUT2D eigenvalue weighted by Crippen LogP contribution is 2.16. The lowest BCUT2D eigenvalue weighted by Crippen LogP contribution is -2.06. The van der Waals surface area contributed by atoms with Crippen molar-refractivity contribution in [1.82, 2.24) is 14.6 Å². The monoisotopic (exact) mass is 225 g/mol. The summed E-state index contributed by atoms with van der Waals surface area (Å²) in [5.41, 5.74) is 1.84. The zero-order valence-electron chi connectivity index (χ0n) is 7.94. The molecule has 0 aromatic carbocycles. The van der Waals surface area contributed by atoms with Gasteiger partial charge in [-0.3, -0.25) is 4.79 Å². The predicted octanol–water partition coefficient (Wildman–Crippen LogP) is 1.32. The molecule has 2 aromatic heterocycles. The Labute approximate surface area is 90.3 Å². The Kier molecular flexibility index (Phi) is 2.32. The Hall–Kier alpha value is -1.62. The van der Waals surface area contributed by atoms with E-state index in [-0.39, 0.29) is 6.42 Å². The minimum atomic E-state index is -0.891. The fourth-order valence-electron chi connectivity index (χ4n) is 1.34. The van der Waals surface area contributed by atoms with Crippen LogP contribution < -0.4 is 0 Å². The summed E-state index contributed by atoms with van der Waals surface area (Å²) >= 11 is 5.84. The number of fused-ring (bicyclic) bond motifs is 1. The molecule has 2 heterocycles.